The second kappa shape index (κ2) is 15.4. The number of rotatable bonds is 16. The van der Waals surface area contributed by atoms with Crippen molar-refractivity contribution in [3.63, 3.8) is 0 Å². The minimum Gasteiger partial charge on any atom is -0.455 e. The van der Waals surface area contributed by atoms with Crippen LogP contribution in [0.25, 0.3) is 0 Å². The van der Waals surface area contributed by atoms with E-state index < -0.39 is 41.7 Å². The minimum atomic E-state index is -1.27. The Morgan fingerprint density at radius 2 is 1.83 bits per heavy atom. The number of ether oxygens (including phenoxy) is 2. The van der Waals surface area contributed by atoms with Crippen molar-refractivity contribution in [1.29, 1.82) is 0 Å². The Labute approximate surface area is 283 Å². The molecule has 0 aliphatic carbocycles. The Morgan fingerprint density at radius 3 is 2.49 bits per heavy atom. The molecule has 2 aromatic carbocycles. The summed E-state index contributed by atoms with van der Waals surface area (Å²) in [6.45, 7) is 8.06. The van der Waals surface area contributed by atoms with Crippen molar-refractivity contribution in [2.45, 2.75) is 60.9 Å². The molecule has 3 amide bonds. The van der Waals surface area contributed by atoms with Crippen molar-refractivity contribution in [2.24, 2.45) is 11.8 Å². The van der Waals surface area contributed by atoms with Crippen molar-refractivity contribution < 1.29 is 33.8 Å². The lowest BCUT2D eigenvalue weighted by Crippen LogP contribution is -2.56. The molecule has 1 spiro atoms. The van der Waals surface area contributed by atoms with Gasteiger partial charge in [0, 0.05) is 37.5 Å². The van der Waals surface area contributed by atoms with Gasteiger partial charge in [-0.1, -0.05) is 88.7 Å². The first-order valence-corrected chi connectivity index (χ1v) is 17.0. The summed E-state index contributed by atoms with van der Waals surface area (Å²) in [4.78, 5) is 58.2. The molecule has 0 aromatic heterocycles. The Balaban J connectivity index is 1.45. The highest BCUT2D eigenvalue weighted by Gasteiger charge is 2.77. The zero-order valence-corrected chi connectivity index (χ0v) is 27.9. The van der Waals surface area contributed by atoms with E-state index in [-0.39, 0.29) is 61.6 Å². The summed E-state index contributed by atoms with van der Waals surface area (Å²) < 4.78 is 12.7. The molecule has 0 saturated carbocycles. The summed E-state index contributed by atoms with van der Waals surface area (Å²) >= 11 is 3.70. The molecule has 0 radical (unpaired) electrons. The molecule has 47 heavy (non-hydrogen) atoms. The van der Waals surface area contributed by atoms with Gasteiger partial charge in [0.05, 0.1) is 24.5 Å². The van der Waals surface area contributed by atoms with Crippen molar-refractivity contribution in [1.82, 2.24) is 15.1 Å². The van der Waals surface area contributed by atoms with Crippen LogP contribution in [-0.2, 0) is 35.2 Å². The normalized spacial score (nSPS) is 26.4. The molecule has 10 nitrogen and oxygen atoms in total. The highest BCUT2D eigenvalue weighted by molar-refractivity contribution is 9.09. The first kappa shape index (κ1) is 34.5. The van der Waals surface area contributed by atoms with Crippen LogP contribution in [0.1, 0.15) is 42.9 Å². The number of likely N-dealkylation sites (tertiary alicyclic amines) is 1. The summed E-state index contributed by atoms with van der Waals surface area (Å²) in [5.41, 5.74) is 0.335. The fraction of sp³-hybridized carbons (Fsp3) is 0.444. The summed E-state index contributed by atoms with van der Waals surface area (Å²) in [7, 11) is 0. The molecule has 5 rings (SSSR count). The molecular weight excluding hydrogens is 666 g/mol. The molecule has 1 unspecified atom stereocenters. The first-order chi connectivity index (χ1) is 22.7. The van der Waals surface area contributed by atoms with E-state index in [9.17, 15) is 24.3 Å². The average Bonchev–Trinajstić information content (AvgIpc) is 3.67. The third-order valence-electron chi connectivity index (χ3n) is 9.22. The molecule has 3 aliphatic heterocycles. The Bertz CT molecular complexity index is 1460. The van der Waals surface area contributed by atoms with Crippen LogP contribution in [0.5, 0.6) is 0 Å². The van der Waals surface area contributed by atoms with Crippen LogP contribution in [0.2, 0.25) is 0 Å². The number of aliphatic hydroxyl groups is 1. The highest BCUT2D eigenvalue weighted by Crippen LogP contribution is 2.60. The Morgan fingerprint density at radius 1 is 1.13 bits per heavy atom. The van der Waals surface area contributed by atoms with Crippen molar-refractivity contribution in [2.75, 3.05) is 26.2 Å². The summed E-state index contributed by atoms with van der Waals surface area (Å²) in [5, 5.41) is 12.5. The minimum absolute atomic E-state index is 0.0468. The number of hydrogen-bond donors (Lipinski definition) is 2. The number of carbonyl (C=O) groups is 4. The second-order valence-electron chi connectivity index (χ2n) is 12.2. The van der Waals surface area contributed by atoms with Gasteiger partial charge < -0.3 is 29.7 Å². The molecule has 11 heteroatoms. The number of esters is 1. The van der Waals surface area contributed by atoms with Gasteiger partial charge in [0.2, 0.25) is 17.7 Å². The fourth-order valence-corrected chi connectivity index (χ4v) is 8.11. The van der Waals surface area contributed by atoms with E-state index in [1.165, 1.54) is 4.90 Å². The van der Waals surface area contributed by atoms with Crippen LogP contribution in [0.15, 0.2) is 86.0 Å². The van der Waals surface area contributed by atoms with Crippen molar-refractivity contribution in [3.8, 4) is 0 Å². The molecule has 3 saturated heterocycles. The number of nitrogens with one attached hydrogen (secondary N) is 1. The van der Waals surface area contributed by atoms with E-state index in [0.717, 1.165) is 5.56 Å². The van der Waals surface area contributed by atoms with Crippen molar-refractivity contribution >= 4 is 39.6 Å². The van der Waals surface area contributed by atoms with E-state index in [4.69, 9.17) is 9.47 Å². The molecule has 2 bridgehead atoms. The summed E-state index contributed by atoms with van der Waals surface area (Å²) in [5.74, 6) is -3.44. The molecule has 250 valence electrons. The number of hydrogen-bond acceptors (Lipinski definition) is 7. The number of allylic oxidation sites excluding steroid dienone is 1. The SMILES string of the molecule is C=CCCC(=O)NC[C@H](OC(=O)[C@@H]1[C@H]2O[C@@]3(CC2Br)[C@H](C(=O)N(CC=C)Cc2ccccc2)N(CCCO)C(=O)[C@@H]13)c1ccccc1. The van der Waals surface area contributed by atoms with Gasteiger partial charge >= 0.3 is 5.97 Å². The maximum absolute atomic E-state index is 14.5. The van der Waals surface area contributed by atoms with Crippen molar-refractivity contribution in [3.05, 3.63) is 97.1 Å². The molecule has 3 fully saturated rings. The van der Waals surface area contributed by atoms with Crippen LogP contribution >= 0.6 is 15.9 Å². The van der Waals surface area contributed by atoms with Gasteiger partial charge in [-0.15, -0.1) is 13.2 Å². The number of nitrogens with zero attached hydrogens (tertiary/aromatic N) is 2. The van der Waals surface area contributed by atoms with Crippen LogP contribution in [0.3, 0.4) is 0 Å². The number of amides is 3. The molecular formula is C36H42BrN3O7. The lowest BCUT2D eigenvalue weighted by atomic mass is 9.70. The second-order valence-corrected chi connectivity index (χ2v) is 13.4. The molecule has 3 heterocycles. The summed E-state index contributed by atoms with van der Waals surface area (Å²) in [6, 6.07) is 17.7. The van der Waals surface area contributed by atoms with Gasteiger partial charge in [0.25, 0.3) is 0 Å². The van der Waals surface area contributed by atoms with E-state index >= 15 is 0 Å². The van der Waals surface area contributed by atoms with E-state index in [2.05, 4.69) is 34.4 Å². The average molecular weight is 709 g/mol. The summed E-state index contributed by atoms with van der Waals surface area (Å²) in [6.07, 6.45) is 3.17. The topological polar surface area (TPSA) is 125 Å². The Hall–Kier alpha value is -3.80. The molecule has 2 aromatic rings. The lowest BCUT2D eigenvalue weighted by molar-refractivity contribution is -0.160. The van der Waals surface area contributed by atoms with Gasteiger partial charge in [-0.05, 0) is 30.4 Å². The smallest absolute Gasteiger partial charge is 0.313 e. The van der Waals surface area contributed by atoms with Gasteiger partial charge in [-0.2, -0.15) is 0 Å². The first-order valence-electron chi connectivity index (χ1n) is 16.1. The predicted molar refractivity (Wildman–Crippen MR) is 179 cm³/mol. The molecule has 7 atom stereocenters. The zero-order chi connectivity index (χ0) is 33.6. The molecule has 3 aliphatic rings. The quantitative estimate of drug-likeness (QED) is 0.155. The number of fused-ring (bicyclic) bond motifs is 1. The lowest BCUT2D eigenvalue weighted by Gasteiger charge is -2.37. The third kappa shape index (κ3) is 7.07. The number of halogens is 1. The van der Waals surface area contributed by atoms with Gasteiger partial charge in [-0.25, -0.2) is 0 Å². The number of aliphatic hydroxyl groups excluding tert-OH is 1. The standard InChI is InChI=1S/C36H42BrN3O7/c1-3-5-17-28(42)38-22-27(25-15-10-7-11-16-25)46-35(45)29-30-33(43)40(19-12-20-41)32(36(30)21-26(37)31(29)47-36)34(44)39(18-4-2)23-24-13-8-6-9-14-24/h3-4,6-11,13-16,26-27,29-32,41H,1-2,5,12,17-23H2,(H,38,42)/t26?,27-,29-,30+,31-,32-,36+/m0/s1. The van der Waals surface area contributed by atoms with Gasteiger partial charge in [0.1, 0.15) is 17.7 Å². The number of alkyl halides is 1. The highest BCUT2D eigenvalue weighted by atomic mass is 79.9. The van der Waals surface area contributed by atoms with Crippen LogP contribution < -0.4 is 5.32 Å². The van der Waals surface area contributed by atoms with Crippen LogP contribution in [0.4, 0.5) is 0 Å². The number of carbonyl (C=O) groups excluding carboxylic acids is 4. The third-order valence-corrected chi connectivity index (χ3v) is 10.1. The monoisotopic (exact) mass is 707 g/mol. The maximum atomic E-state index is 14.5. The van der Waals surface area contributed by atoms with E-state index in [1.807, 2.05) is 60.7 Å². The predicted octanol–water partition coefficient (Wildman–Crippen LogP) is 3.70. The maximum Gasteiger partial charge on any atom is 0.313 e. The van der Waals surface area contributed by atoms with Crippen LogP contribution in [0, 0.1) is 11.8 Å². The van der Waals surface area contributed by atoms with E-state index in [0.29, 0.717) is 24.9 Å². The number of benzene rings is 2. The van der Waals surface area contributed by atoms with Crippen LogP contribution in [-0.4, -0.2) is 87.4 Å². The fourth-order valence-electron chi connectivity index (χ4n) is 7.17. The Kier molecular flexibility index (Phi) is 11.3. The zero-order valence-electron chi connectivity index (χ0n) is 26.3. The van der Waals surface area contributed by atoms with Gasteiger partial charge in [0.15, 0.2) is 0 Å². The molecule has 2 N–H and O–H groups in total. The van der Waals surface area contributed by atoms with E-state index in [1.54, 1.807) is 17.1 Å². The largest absolute Gasteiger partial charge is 0.455 e. The van der Waals surface area contributed by atoms with Gasteiger partial charge in [-0.3, -0.25) is 19.2 Å².